The minimum Gasteiger partial charge on any atom is -0.469 e. The molecule has 0 aliphatic heterocycles. The summed E-state index contributed by atoms with van der Waals surface area (Å²) in [6.07, 6.45) is 1.74. The minimum absolute atomic E-state index is 0.108. The number of aryl methyl sites for hydroxylation is 1. The maximum absolute atomic E-state index is 6.29. The van der Waals surface area contributed by atoms with Gasteiger partial charge in [-0.05, 0) is 35.4 Å². The third-order valence-corrected chi connectivity index (χ3v) is 3.94. The molecule has 0 amide bonds. The van der Waals surface area contributed by atoms with Crippen LogP contribution in [0.4, 0.5) is 0 Å². The van der Waals surface area contributed by atoms with Gasteiger partial charge >= 0.3 is 0 Å². The van der Waals surface area contributed by atoms with Crippen molar-refractivity contribution >= 4 is 21.4 Å². The van der Waals surface area contributed by atoms with Gasteiger partial charge in [0, 0.05) is 10.3 Å². The fourth-order valence-electron chi connectivity index (χ4n) is 2.05. The molecule has 1 atom stereocenters. The van der Waals surface area contributed by atoms with Crippen molar-refractivity contribution in [3.8, 4) is 0 Å². The summed E-state index contributed by atoms with van der Waals surface area (Å²) < 4.78 is 6.60. The Labute approximate surface area is 104 Å². The first-order valence-corrected chi connectivity index (χ1v) is 6.40. The first-order chi connectivity index (χ1) is 8.25. The number of hydrogen-bond donors (Lipinski definition) is 1. The Morgan fingerprint density at radius 3 is 2.88 bits per heavy atom. The second-order valence-electron chi connectivity index (χ2n) is 4.16. The number of furan rings is 1. The first kappa shape index (κ1) is 10.6. The van der Waals surface area contributed by atoms with Gasteiger partial charge in [0.1, 0.15) is 5.76 Å². The number of hydrogen-bond acceptors (Lipinski definition) is 3. The summed E-state index contributed by atoms with van der Waals surface area (Å²) in [4.78, 5) is 0. The first-order valence-electron chi connectivity index (χ1n) is 5.52. The summed E-state index contributed by atoms with van der Waals surface area (Å²) in [7, 11) is 0. The standard InChI is InChI=1S/C14H13NOS/c1-9-6-10(7-16-9)14(15)12-8-17-13-5-3-2-4-11(12)13/h2-8,14H,15H2,1H3. The van der Waals surface area contributed by atoms with E-state index in [9.17, 15) is 0 Å². The van der Waals surface area contributed by atoms with E-state index < -0.39 is 0 Å². The maximum Gasteiger partial charge on any atom is 0.101 e. The Bertz CT molecular complexity index is 653. The number of thiophene rings is 1. The molecule has 0 aliphatic carbocycles. The highest BCUT2D eigenvalue weighted by Gasteiger charge is 2.15. The molecule has 0 aliphatic rings. The van der Waals surface area contributed by atoms with Crippen molar-refractivity contribution in [1.82, 2.24) is 0 Å². The average Bonchev–Trinajstić information content (AvgIpc) is 2.94. The third kappa shape index (κ3) is 1.77. The molecule has 1 aromatic carbocycles. The molecule has 0 radical (unpaired) electrons. The molecule has 0 saturated heterocycles. The largest absolute Gasteiger partial charge is 0.469 e. The molecule has 2 N–H and O–H groups in total. The molecule has 3 rings (SSSR count). The summed E-state index contributed by atoms with van der Waals surface area (Å²) in [6.45, 7) is 1.93. The third-order valence-electron chi connectivity index (χ3n) is 2.96. The van der Waals surface area contributed by atoms with Crippen molar-refractivity contribution in [2.75, 3.05) is 0 Å². The van der Waals surface area contributed by atoms with E-state index in [0.717, 1.165) is 11.3 Å². The predicted octanol–water partition coefficient (Wildman–Crippen LogP) is 3.85. The Balaban J connectivity index is 2.09. The van der Waals surface area contributed by atoms with Crippen LogP contribution in [-0.4, -0.2) is 0 Å². The molecule has 0 bridgehead atoms. The topological polar surface area (TPSA) is 39.2 Å². The zero-order valence-electron chi connectivity index (χ0n) is 9.51. The SMILES string of the molecule is Cc1cc(C(N)c2csc3ccccc23)co1. The monoisotopic (exact) mass is 243 g/mol. The Hall–Kier alpha value is -1.58. The second kappa shape index (κ2) is 4.02. The van der Waals surface area contributed by atoms with Crippen LogP contribution in [0.5, 0.6) is 0 Å². The van der Waals surface area contributed by atoms with E-state index in [0.29, 0.717) is 0 Å². The van der Waals surface area contributed by atoms with Gasteiger partial charge in [0.25, 0.3) is 0 Å². The molecule has 2 nitrogen and oxygen atoms in total. The second-order valence-corrected chi connectivity index (χ2v) is 5.07. The number of rotatable bonds is 2. The van der Waals surface area contributed by atoms with Gasteiger partial charge in [0.05, 0.1) is 12.3 Å². The van der Waals surface area contributed by atoms with Crippen molar-refractivity contribution in [3.63, 3.8) is 0 Å². The lowest BCUT2D eigenvalue weighted by Gasteiger charge is -2.07. The van der Waals surface area contributed by atoms with E-state index in [2.05, 4.69) is 23.6 Å². The predicted molar refractivity (Wildman–Crippen MR) is 71.3 cm³/mol. The smallest absolute Gasteiger partial charge is 0.101 e. The molecular weight excluding hydrogens is 230 g/mol. The number of fused-ring (bicyclic) bond motifs is 1. The van der Waals surface area contributed by atoms with E-state index in [-0.39, 0.29) is 6.04 Å². The van der Waals surface area contributed by atoms with Gasteiger partial charge in [0.15, 0.2) is 0 Å². The highest BCUT2D eigenvalue weighted by molar-refractivity contribution is 7.17. The van der Waals surface area contributed by atoms with Crippen LogP contribution in [0.15, 0.2) is 46.4 Å². The summed E-state index contributed by atoms with van der Waals surface area (Å²) in [5.74, 6) is 0.898. The van der Waals surface area contributed by atoms with Gasteiger partial charge < -0.3 is 10.2 Å². The zero-order valence-corrected chi connectivity index (χ0v) is 10.3. The zero-order chi connectivity index (χ0) is 11.8. The van der Waals surface area contributed by atoms with Gasteiger partial charge in [-0.15, -0.1) is 11.3 Å². The quantitative estimate of drug-likeness (QED) is 0.742. The van der Waals surface area contributed by atoms with Crippen LogP contribution in [-0.2, 0) is 0 Å². The lowest BCUT2D eigenvalue weighted by molar-refractivity contribution is 0.530. The van der Waals surface area contributed by atoms with Crippen LogP contribution in [0.2, 0.25) is 0 Å². The van der Waals surface area contributed by atoms with Gasteiger partial charge in [-0.3, -0.25) is 0 Å². The van der Waals surface area contributed by atoms with Crippen LogP contribution < -0.4 is 5.73 Å². The van der Waals surface area contributed by atoms with Gasteiger partial charge in [-0.1, -0.05) is 18.2 Å². The van der Waals surface area contributed by atoms with Crippen molar-refractivity contribution in [3.05, 3.63) is 58.9 Å². The average molecular weight is 243 g/mol. The van der Waals surface area contributed by atoms with Gasteiger partial charge in [-0.2, -0.15) is 0 Å². The van der Waals surface area contributed by atoms with E-state index in [1.54, 1.807) is 17.6 Å². The Morgan fingerprint density at radius 1 is 1.29 bits per heavy atom. The van der Waals surface area contributed by atoms with E-state index >= 15 is 0 Å². The van der Waals surface area contributed by atoms with Gasteiger partial charge in [-0.25, -0.2) is 0 Å². The highest BCUT2D eigenvalue weighted by Crippen LogP contribution is 2.32. The fraction of sp³-hybridized carbons (Fsp3) is 0.143. The Morgan fingerprint density at radius 2 is 2.12 bits per heavy atom. The molecule has 0 fully saturated rings. The van der Waals surface area contributed by atoms with Crippen LogP contribution in [0.25, 0.3) is 10.1 Å². The lowest BCUT2D eigenvalue weighted by atomic mass is 10.0. The molecule has 86 valence electrons. The number of benzene rings is 1. The van der Waals surface area contributed by atoms with Crippen LogP contribution in [0, 0.1) is 6.92 Å². The summed E-state index contributed by atoms with van der Waals surface area (Å²) in [5.41, 5.74) is 8.49. The molecule has 3 aromatic rings. The van der Waals surface area contributed by atoms with E-state index in [1.165, 1.54) is 15.6 Å². The van der Waals surface area contributed by atoms with Crippen LogP contribution in [0.3, 0.4) is 0 Å². The minimum atomic E-state index is -0.108. The lowest BCUT2D eigenvalue weighted by Crippen LogP contribution is -2.10. The molecule has 0 saturated carbocycles. The van der Waals surface area contributed by atoms with Crippen LogP contribution in [0.1, 0.15) is 22.9 Å². The molecule has 2 aromatic heterocycles. The van der Waals surface area contributed by atoms with E-state index in [4.69, 9.17) is 10.2 Å². The molecule has 0 spiro atoms. The summed E-state index contributed by atoms with van der Waals surface area (Å²) >= 11 is 1.73. The highest BCUT2D eigenvalue weighted by atomic mass is 32.1. The molecule has 3 heteroatoms. The molecule has 17 heavy (non-hydrogen) atoms. The normalized spacial score (nSPS) is 13.1. The molecular formula is C14H13NOS. The van der Waals surface area contributed by atoms with Crippen LogP contribution >= 0.6 is 11.3 Å². The summed E-state index contributed by atoms with van der Waals surface area (Å²) in [5, 5.41) is 3.38. The van der Waals surface area contributed by atoms with Crippen molar-refractivity contribution in [1.29, 1.82) is 0 Å². The van der Waals surface area contributed by atoms with Gasteiger partial charge in [0.2, 0.25) is 0 Å². The summed E-state index contributed by atoms with van der Waals surface area (Å²) in [6, 6.07) is 10.2. The molecule has 1 unspecified atom stereocenters. The van der Waals surface area contributed by atoms with E-state index in [1.807, 2.05) is 19.1 Å². The fourth-order valence-corrected chi connectivity index (χ4v) is 3.04. The molecule has 2 heterocycles. The maximum atomic E-state index is 6.29. The van der Waals surface area contributed by atoms with Crippen molar-refractivity contribution in [2.45, 2.75) is 13.0 Å². The van der Waals surface area contributed by atoms with Crippen molar-refractivity contribution in [2.24, 2.45) is 5.73 Å². The van der Waals surface area contributed by atoms with Crippen molar-refractivity contribution < 1.29 is 4.42 Å². The number of nitrogens with two attached hydrogens (primary N) is 1. The Kier molecular flexibility index (Phi) is 2.50.